The van der Waals surface area contributed by atoms with E-state index in [0.717, 1.165) is 0 Å². The number of rotatable bonds is 4. The number of pyridine rings is 1. The summed E-state index contributed by atoms with van der Waals surface area (Å²) in [5.41, 5.74) is 0.467. The van der Waals surface area contributed by atoms with Crippen molar-refractivity contribution in [2.75, 3.05) is 6.54 Å². The van der Waals surface area contributed by atoms with Crippen molar-refractivity contribution in [3.8, 4) is 5.69 Å². The molecule has 2 aromatic heterocycles. The third-order valence-electron chi connectivity index (χ3n) is 2.58. The van der Waals surface area contributed by atoms with Crippen LogP contribution >= 0.6 is 0 Å². The highest BCUT2D eigenvalue weighted by atomic mass is 19.4. The number of hydrogen-bond acceptors (Lipinski definition) is 4. The minimum absolute atomic E-state index is 0.0719. The largest absolute Gasteiger partial charge is 0.416 e. The Kier molecular flexibility index (Phi) is 4.22. The van der Waals surface area contributed by atoms with Gasteiger partial charge in [0.05, 0.1) is 12.2 Å². The number of nitrogens with one attached hydrogen (secondary N) is 1. The van der Waals surface area contributed by atoms with Crippen LogP contribution in [0.4, 0.5) is 13.2 Å². The number of halogens is 3. The van der Waals surface area contributed by atoms with Crippen LogP contribution in [0.2, 0.25) is 0 Å². The molecular formula is C12H11F3N4O2. The molecule has 1 amide bonds. The normalized spacial score (nSPS) is 13.0. The number of aliphatic hydroxyl groups excluding tert-OH is 1. The van der Waals surface area contributed by atoms with Gasteiger partial charge in [-0.05, 0) is 18.2 Å². The van der Waals surface area contributed by atoms with E-state index in [1.807, 2.05) is 5.32 Å². The Labute approximate surface area is 117 Å². The third kappa shape index (κ3) is 3.78. The average Bonchev–Trinajstić information content (AvgIpc) is 2.97. The van der Waals surface area contributed by atoms with E-state index in [1.165, 1.54) is 16.9 Å². The van der Waals surface area contributed by atoms with Crippen LogP contribution in [0.25, 0.3) is 5.69 Å². The van der Waals surface area contributed by atoms with E-state index < -0.39 is 24.7 Å². The summed E-state index contributed by atoms with van der Waals surface area (Å²) < 4.78 is 37.8. The summed E-state index contributed by atoms with van der Waals surface area (Å²) >= 11 is 0. The van der Waals surface area contributed by atoms with Gasteiger partial charge >= 0.3 is 6.18 Å². The predicted molar refractivity (Wildman–Crippen MR) is 65.8 cm³/mol. The molecule has 0 aliphatic carbocycles. The SMILES string of the molecule is O=C(NCC(O)C(F)(F)F)c1cc(-n2cccn2)ccn1. The summed E-state index contributed by atoms with van der Waals surface area (Å²) in [6.45, 7) is -0.935. The van der Waals surface area contributed by atoms with E-state index in [2.05, 4.69) is 10.1 Å². The molecule has 0 spiro atoms. The van der Waals surface area contributed by atoms with E-state index in [9.17, 15) is 18.0 Å². The van der Waals surface area contributed by atoms with Crippen LogP contribution in [0.3, 0.4) is 0 Å². The minimum Gasteiger partial charge on any atom is -0.382 e. The average molecular weight is 300 g/mol. The fourth-order valence-corrected chi connectivity index (χ4v) is 1.50. The lowest BCUT2D eigenvalue weighted by molar-refractivity contribution is -0.201. The molecule has 2 N–H and O–H groups in total. The lowest BCUT2D eigenvalue weighted by Crippen LogP contribution is -2.40. The molecule has 0 aliphatic heterocycles. The van der Waals surface area contributed by atoms with Crippen molar-refractivity contribution < 1.29 is 23.1 Å². The maximum atomic E-state index is 12.1. The lowest BCUT2D eigenvalue weighted by atomic mass is 10.3. The zero-order valence-electron chi connectivity index (χ0n) is 10.6. The van der Waals surface area contributed by atoms with Crippen molar-refractivity contribution in [2.24, 2.45) is 0 Å². The smallest absolute Gasteiger partial charge is 0.382 e. The summed E-state index contributed by atoms with van der Waals surface area (Å²) in [4.78, 5) is 15.5. The first kappa shape index (κ1) is 15.0. The van der Waals surface area contributed by atoms with Gasteiger partial charge in [-0.3, -0.25) is 9.78 Å². The zero-order chi connectivity index (χ0) is 15.5. The Morgan fingerprint density at radius 2 is 2.19 bits per heavy atom. The highest BCUT2D eigenvalue weighted by Gasteiger charge is 2.38. The summed E-state index contributed by atoms with van der Waals surface area (Å²) in [7, 11) is 0. The number of carbonyl (C=O) groups excluding carboxylic acids is 1. The molecule has 1 unspecified atom stereocenters. The Bertz CT molecular complexity index is 613. The maximum Gasteiger partial charge on any atom is 0.416 e. The van der Waals surface area contributed by atoms with Gasteiger partial charge in [0.25, 0.3) is 5.91 Å². The van der Waals surface area contributed by atoms with Gasteiger partial charge in [-0.1, -0.05) is 0 Å². The molecule has 2 aromatic rings. The van der Waals surface area contributed by atoms with Crippen LogP contribution in [0.1, 0.15) is 10.5 Å². The number of carbonyl (C=O) groups is 1. The fourth-order valence-electron chi connectivity index (χ4n) is 1.50. The molecular weight excluding hydrogens is 289 g/mol. The first-order valence-electron chi connectivity index (χ1n) is 5.87. The van der Waals surface area contributed by atoms with Gasteiger partial charge in [0.1, 0.15) is 5.69 Å². The Balaban J connectivity index is 2.05. The molecule has 0 radical (unpaired) electrons. The first-order chi connectivity index (χ1) is 9.88. The summed E-state index contributed by atoms with van der Waals surface area (Å²) in [5.74, 6) is -0.813. The maximum absolute atomic E-state index is 12.1. The van der Waals surface area contributed by atoms with E-state index in [-0.39, 0.29) is 5.69 Å². The second-order valence-corrected chi connectivity index (χ2v) is 4.12. The highest BCUT2D eigenvalue weighted by molar-refractivity contribution is 5.92. The lowest BCUT2D eigenvalue weighted by Gasteiger charge is -2.14. The van der Waals surface area contributed by atoms with Crippen molar-refractivity contribution in [1.82, 2.24) is 20.1 Å². The van der Waals surface area contributed by atoms with Gasteiger partial charge in [-0.2, -0.15) is 18.3 Å². The van der Waals surface area contributed by atoms with Gasteiger partial charge < -0.3 is 10.4 Å². The third-order valence-corrected chi connectivity index (χ3v) is 2.58. The molecule has 0 saturated carbocycles. The number of nitrogens with zero attached hydrogens (tertiary/aromatic N) is 3. The molecule has 0 aliphatic rings. The molecule has 0 bridgehead atoms. The highest BCUT2D eigenvalue weighted by Crippen LogP contribution is 2.19. The second-order valence-electron chi connectivity index (χ2n) is 4.12. The van der Waals surface area contributed by atoms with Crippen LogP contribution in [0.5, 0.6) is 0 Å². The summed E-state index contributed by atoms with van der Waals surface area (Å²) in [6, 6.07) is 4.65. The number of hydrogen-bond donors (Lipinski definition) is 2. The van der Waals surface area contributed by atoms with Crippen molar-refractivity contribution >= 4 is 5.91 Å². The molecule has 2 heterocycles. The summed E-state index contributed by atoms with van der Waals surface area (Å²) in [5, 5.41) is 14.8. The predicted octanol–water partition coefficient (Wildman–Crippen LogP) is 0.920. The van der Waals surface area contributed by atoms with Crippen molar-refractivity contribution in [2.45, 2.75) is 12.3 Å². The number of alkyl halides is 3. The standard InChI is InChI=1S/C12H11F3N4O2/c13-12(14,15)10(20)7-17-11(21)9-6-8(2-4-16-9)19-5-1-3-18-19/h1-6,10,20H,7H2,(H,17,21). The number of aliphatic hydroxyl groups is 1. The number of aromatic nitrogens is 3. The molecule has 21 heavy (non-hydrogen) atoms. The monoisotopic (exact) mass is 300 g/mol. The van der Waals surface area contributed by atoms with Crippen molar-refractivity contribution in [3.05, 3.63) is 42.5 Å². The van der Waals surface area contributed by atoms with E-state index in [1.54, 1.807) is 24.5 Å². The Morgan fingerprint density at radius 1 is 1.43 bits per heavy atom. The van der Waals surface area contributed by atoms with Crippen molar-refractivity contribution in [1.29, 1.82) is 0 Å². The van der Waals surface area contributed by atoms with Gasteiger partial charge in [0.2, 0.25) is 0 Å². The van der Waals surface area contributed by atoms with E-state index >= 15 is 0 Å². The van der Waals surface area contributed by atoms with E-state index in [0.29, 0.717) is 5.69 Å². The molecule has 0 fully saturated rings. The Hall–Kier alpha value is -2.42. The van der Waals surface area contributed by atoms with Crippen LogP contribution in [0.15, 0.2) is 36.8 Å². The second kappa shape index (κ2) is 5.92. The number of amides is 1. The van der Waals surface area contributed by atoms with Crippen LogP contribution in [0, 0.1) is 0 Å². The van der Waals surface area contributed by atoms with Gasteiger partial charge in [0.15, 0.2) is 6.10 Å². The van der Waals surface area contributed by atoms with Crippen LogP contribution < -0.4 is 5.32 Å². The first-order valence-corrected chi connectivity index (χ1v) is 5.87. The van der Waals surface area contributed by atoms with Gasteiger partial charge in [-0.15, -0.1) is 0 Å². The van der Waals surface area contributed by atoms with Crippen LogP contribution in [-0.4, -0.2) is 44.6 Å². The van der Waals surface area contributed by atoms with Gasteiger partial charge in [-0.25, -0.2) is 4.68 Å². The molecule has 0 saturated heterocycles. The molecule has 0 aromatic carbocycles. The quantitative estimate of drug-likeness (QED) is 0.880. The molecule has 9 heteroatoms. The fraction of sp³-hybridized carbons (Fsp3) is 0.250. The molecule has 2 rings (SSSR count). The molecule has 112 valence electrons. The van der Waals surface area contributed by atoms with Gasteiger partial charge in [0, 0.05) is 18.6 Å². The Morgan fingerprint density at radius 3 is 2.81 bits per heavy atom. The molecule has 6 nitrogen and oxygen atoms in total. The zero-order valence-corrected chi connectivity index (χ0v) is 10.6. The van der Waals surface area contributed by atoms with Crippen LogP contribution in [-0.2, 0) is 0 Å². The van der Waals surface area contributed by atoms with Crippen molar-refractivity contribution in [3.63, 3.8) is 0 Å². The minimum atomic E-state index is -4.78. The van der Waals surface area contributed by atoms with E-state index in [4.69, 9.17) is 5.11 Å². The topological polar surface area (TPSA) is 80.0 Å². The summed E-state index contributed by atoms with van der Waals surface area (Å²) in [6.07, 6.45) is -2.87. The molecule has 1 atom stereocenters.